The zero-order valence-electron chi connectivity index (χ0n) is 15.6. The summed E-state index contributed by atoms with van der Waals surface area (Å²) in [5.74, 6) is 4.29. The van der Waals surface area contributed by atoms with E-state index in [-0.39, 0.29) is 0 Å². The second-order valence-corrected chi connectivity index (χ2v) is 9.10. The second-order valence-electron chi connectivity index (χ2n) is 8.70. The zero-order valence-corrected chi connectivity index (χ0v) is 16.4. The van der Waals surface area contributed by atoms with E-state index in [0.29, 0.717) is 28.0 Å². The molecular weight excluding hydrogens is 334 g/mol. The molecule has 0 aliphatic heterocycles. The van der Waals surface area contributed by atoms with Gasteiger partial charge in [-0.2, -0.15) is 0 Å². The third-order valence-electron chi connectivity index (χ3n) is 7.11. The van der Waals surface area contributed by atoms with Gasteiger partial charge in [-0.25, -0.2) is 0 Å². The van der Waals surface area contributed by atoms with Crippen LogP contribution in [0.25, 0.3) is 0 Å². The van der Waals surface area contributed by atoms with E-state index in [1.54, 1.807) is 14.2 Å². The molecule has 3 nitrogen and oxygen atoms in total. The quantitative estimate of drug-likeness (QED) is 0.767. The van der Waals surface area contributed by atoms with E-state index in [9.17, 15) is 0 Å². The van der Waals surface area contributed by atoms with Crippen molar-refractivity contribution < 1.29 is 9.47 Å². The molecule has 5 rings (SSSR count). The molecular formula is C21H30ClNO2. The molecule has 25 heavy (non-hydrogen) atoms. The molecule has 0 saturated heterocycles. The van der Waals surface area contributed by atoms with Crippen molar-refractivity contribution in [2.75, 3.05) is 14.2 Å². The smallest absolute Gasteiger partial charge is 0.179 e. The molecule has 0 heterocycles. The van der Waals surface area contributed by atoms with Gasteiger partial charge in [0, 0.05) is 12.6 Å². The highest BCUT2D eigenvalue weighted by Gasteiger charge is 2.52. The molecule has 4 bridgehead atoms. The normalized spacial score (nSPS) is 34.2. The SMILES string of the molecule is COc1cc(CN[C@H](C)C23CC4CC(CC(C4)C2)C3)cc(Cl)c1OC. The number of hydrogen-bond acceptors (Lipinski definition) is 3. The Morgan fingerprint density at radius 2 is 1.68 bits per heavy atom. The van der Waals surface area contributed by atoms with Crippen molar-refractivity contribution in [3.63, 3.8) is 0 Å². The summed E-state index contributed by atoms with van der Waals surface area (Å²) in [5, 5.41) is 4.43. The molecule has 1 aromatic rings. The lowest BCUT2D eigenvalue weighted by Gasteiger charge is -2.59. The van der Waals surface area contributed by atoms with E-state index in [1.165, 1.54) is 38.5 Å². The minimum Gasteiger partial charge on any atom is -0.493 e. The van der Waals surface area contributed by atoms with Gasteiger partial charge in [0.15, 0.2) is 11.5 Å². The van der Waals surface area contributed by atoms with Gasteiger partial charge < -0.3 is 14.8 Å². The predicted molar refractivity (Wildman–Crippen MR) is 101 cm³/mol. The molecule has 0 amide bonds. The van der Waals surface area contributed by atoms with Crippen molar-refractivity contribution in [2.24, 2.45) is 23.2 Å². The number of halogens is 1. The minimum absolute atomic E-state index is 0.523. The maximum Gasteiger partial charge on any atom is 0.179 e. The number of rotatable bonds is 6. The topological polar surface area (TPSA) is 30.5 Å². The molecule has 0 radical (unpaired) electrons. The number of hydrogen-bond donors (Lipinski definition) is 1. The monoisotopic (exact) mass is 363 g/mol. The Morgan fingerprint density at radius 3 is 2.20 bits per heavy atom. The van der Waals surface area contributed by atoms with E-state index in [1.807, 2.05) is 12.1 Å². The van der Waals surface area contributed by atoms with Crippen LogP contribution in [0.3, 0.4) is 0 Å². The number of benzene rings is 1. The number of nitrogens with one attached hydrogen (secondary N) is 1. The summed E-state index contributed by atoms with van der Waals surface area (Å²) < 4.78 is 10.8. The first-order chi connectivity index (χ1) is 12.0. The number of methoxy groups -OCH3 is 2. The van der Waals surface area contributed by atoms with Gasteiger partial charge in [-0.15, -0.1) is 0 Å². The molecule has 0 spiro atoms. The van der Waals surface area contributed by atoms with Crippen LogP contribution in [0.2, 0.25) is 5.02 Å². The maximum atomic E-state index is 6.35. The van der Waals surface area contributed by atoms with Gasteiger partial charge in [-0.1, -0.05) is 11.6 Å². The highest BCUT2D eigenvalue weighted by atomic mass is 35.5. The summed E-state index contributed by atoms with van der Waals surface area (Å²) in [7, 11) is 3.28. The Bertz CT molecular complexity index is 610. The Morgan fingerprint density at radius 1 is 1.08 bits per heavy atom. The van der Waals surface area contributed by atoms with Crippen molar-refractivity contribution in [1.82, 2.24) is 5.32 Å². The molecule has 4 aliphatic rings. The predicted octanol–water partition coefficient (Wildman–Crippen LogP) is 5.05. The summed E-state index contributed by atoms with van der Waals surface area (Å²) in [4.78, 5) is 0. The first-order valence-electron chi connectivity index (χ1n) is 9.67. The molecule has 138 valence electrons. The fourth-order valence-corrected chi connectivity index (χ4v) is 6.58. The third-order valence-corrected chi connectivity index (χ3v) is 7.39. The van der Waals surface area contributed by atoms with Crippen molar-refractivity contribution in [3.05, 3.63) is 22.7 Å². The first kappa shape index (κ1) is 17.5. The lowest BCUT2D eigenvalue weighted by atomic mass is 9.48. The average Bonchev–Trinajstić information content (AvgIpc) is 2.57. The lowest BCUT2D eigenvalue weighted by molar-refractivity contribution is -0.0706. The van der Waals surface area contributed by atoms with E-state index in [4.69, 9.17) is 21.1 Å². The average molecular weight is 364 g/mol. The Kier molecular flexibility index (Phi) is 4.66. The molecule has 4 fully saturated rings. The van der Waals surface area contributed by atoms with Crippen LogP contribution in [0.4, 0.5) is 0 Å². The lowest BCUT2D eigenvalue weighted by Crippen LogP contribution is -2.54. The number of ether oxygens (including phenoxy) is 2. The van der Waals surface area contributed by atoms with Crippen LogP contribution in [0.1, 0.15) is 51.0 Å². The zero-order chi connectivity index (χ0) is 17.6. The summed E-state index contributed by atoms with van der Waals surface area (Å²) in [6, 6.07) is 4.57. The highest BCUT2D eigenvalue weighted by Crippen LogP contribution is 2.61. The summed E-state index contributed by atoms with van der Waals surface area (Å²) in [5.41, 5.74) is 1.67. The van der Waals surface area contributed by atoms with Crippen LogP contribution >= 0.6 is 11.6 Å². The van der Waals surface area contributed by atoms with Crippen LogP contribution in [-0.4, -0.2) is 20.3 Å². The highest BCUT2D eigenvalue weighted by molar-refractivity contribution is 6.32. The first-order valence-corrected chi connectivity index (χ1v) is 10.0. The molecule has 4 saturated carbocycles. The molecule has 4 heteroatoms. The van der Waals surface area contributed by atoms with E-state index in [2.05, 4.69) is 12.2 Å². The van der Waals surface area contributed by atoms with Gasteiger partial charge in [0.25, 0.3) is 0 Å². The molecule has 1 N–H and O–H groups in total. The molecule has 0 unspecified atom stereocenters. The largest absolute Gasteiger partial charge is 0.493 e. The van der Waals surface area contributed by atoms with Gasteiger partial charge in [-0.05, 0) is 86.3 Å². The van der Waals surface area contributed by atoms with Crippen LogP contribution in [0.5, 0.6) is 11.5 Å². The van der Waals surface area contributed by atoms with Crippen LogP contribution < -0.4 is 14.8 Å². The van der Waals surface area contributed by atoms with Crippen molar-refractivity contribution in [2.45, 2.75) is 58.0 Å². The molecule has 0 aromatic heterocycles. The molecule has 4 aliphatic carbocycles. The third kappa shape index (κ3) is 3.14. The standard InChI is InChI=1S/C21H30ClNO2/c1-13(21-9-14-4-15(10-21)6-16(5-14)11-21)23-12-17-7-18(22)20(25-3)19(8-17)24-2/h7-8,13-16,23H,4-6,9-12H2,1-3H3/t13-,14?,15?,16?,21?/m1/s1. The van der Waals surface area contributed by atoms with Crippen molar-refractivity contribution in [3.8, 4) is 11.5 Å². The Hall–Kier alpha value is -0.930. The van der Waals surface area contributed by atoms with Gasteiger partial charge in [0.1, 0.15) is 0 Å². The van der Waals surface area contributed by atoms with Gasteiger partial charge >= 0.3 is 0 Å². The Labute approximate surface area is 156 Å². The maximum absolute atomic E-state index is 6.35. The van der Waals surface area contributed by atoms with Crippen molar-refractivity contribution in [1.29, 1.82) is 0 Å². The van der Waals surface area contributed by atoms with Gasteiger partial charge in [0.05, 0.1) is 19.2 Å². The van der Waals surface area contributed by atoms with Crippen LogP contribution in [0.15, 0.2) is 12.1 Å². The molecule has 1 atom stereocenters. The summed E-state index contributed by atoms with van der Waals surface area (Å²) in [6.07, 6.45) is 8.78. The summed E-state index contributed by atoms with van der Waals surface area (Å²) >= 11 is 6.35. The van der Waals surface area contributed by atoms with Gasteiger partial charge in [0.2, 0.25) is 0 Å². The molecule has 1 aromatic carbocycles. The fourth-order valence-electron chi connectivity index (χ4n) is 6.27. The fraction of sp³-hybridized carbons (Fsp3) is 0.714. The minimum atomic E-state index is 0.523. The van der Waals surface area contributed by atoms with E-state index in [0.717, 1.165) is 29.9 Å². The van der Waals surface area contributed by atoms with Crippen LogP contribution in [-0.2, 0) is 6.54 Å². The van der Waals surface area contributed by atoms with E-state index >= 15 is 0 Å². The second kappa shape index (κ2) is 6.66. The van der Waals surface area contributed by atoms with Crippen LogP contribution in [0, 0.1) is 23.2 Å². The van der Waals surface area contributed by atoms with Crippen molar-refractivity contribution >= 4 is 11.6 Å². The van der Waals surface area contributed by atoms with Gasteiger partial charge in [-0.3, -0.25) is 0 Å². The summed E-state index contributed by atoms with van der Waals surface area (Å²) in [6.45, 7) is 3.22. The van der Waals surface area contributed by atoms with E-state index < -0.39 is 0 Å². The Balaban J connectivity index is 1.46.